The molecule has 1 aromatic carbocycles. The highest BCUT2D eigenvalue weighted by Crippen LogP contribution is 2.20. The van der Waals surface area contributed by atoms with Gasteiger partial charge in [0.1, 0.15) is 11.6 Å². The average Bonchev–Trinajstić information content (AvgIpc) is 2.68. The van der Waals surface area contributed by atoms with Gasteiger partial charge < -0.3 is 14.5 Å². The van der Waals surface area contributed by atoms with Crippen molar-refractivity contribution in [1.29, 1.82) is 0 Å². The molecule has 1 amide bonds. The monoisotopic (exact) mass is 339 g/mol. The van der Waals surface area contributed by atoms with Gasteiger partial charge in [-0.15, -0.1) is 0 Å². The molecule has 3 rings (SSSR count). The summed E-state index contributed by atoms with van der Waals surface area (Å²) in [4.78, 5) is 21.1. The van der Waals surface area contributed by atoms with Gasteiger partial charge in [-0.1, -0.05) is 24.3 Å². The number of rotatable bonds is 6. The number of amides is 1. The molecule has 0 saturated carbocycles. The molecule has 1 aromatic heterocycles. The summed E-state index contributed by atoms with van der Waals surface area (Å²) in [7, 11) is 0. The third-order valence-electron chi connectivity index (χ3n) is 4.49. The zero-order valence-electron chi connectivity index (χ0n) is 14.7. The summed E-state index contributed by atoms with van der Waals surface area (Å²) < 4.78 is 5.64. The zero-order valence-corrected chi connectivity index (χ0v) is 14.7. The summed E-state index contributed by atoms with van der Waals surface area (Å²) >= 11 is 0. The first kappa shape index (κ1) is 17.3. The van der Waals surface area contributed by atoms with Crippen molar-refractivity contribution in [1.82, 2.24) is 9.88 Å². The van der Waals surface area contributed by atoms with Crippen LogP contribution in [0.25, 0.3) is 0 Å². The van der Waals surface area contributed by atoms with E-state index in [-0.39, 0.29) is 5.91 Å². The number of hydrogen-bond acceptors (Lipinski definition) is 4. The number of piperazine rings is 1. The number of pyridine rings is 1. The normalized spacial score (nSPS) is 14.4. The Morgan fingerprint density at radius 3 is 2.56 bits per heavy atom. The van der Waals surface area contributed by atoms with Crippen LogP contribution in [0, 0.1) is 0 Å². The number of aromatic nitrogens is 1. The predicted octanol–water partition coefficient (Wildman–Crippen LogP) is 2.76. The smallest absolute Gasteiger partial charge is 0.223 e. The molecule has 0 bridgehead atoms. The number of carbonyl (C=O) groups is 1. The van der Waals surface area contributed by atoms with Crippen LogP contribution in [0.1, 0.15) is 18.9 Å². The van der Waals surface area contributed by atoms with Crippen LogP contribution in [0.3, 0.4) is 0 Å². The first-order valence-electron chi connectivity index (χ1n) is 8.92. The minimum absolute atomic E-state index is 0.215. The van der Waals surface area contributed by atoms with E-state index in [9.17, 15) is 4.79 Å². The lowest BCUT2D eigenvalue weighted by Crippen LogP contribution is -2.49. The molecule has 2 heterocycles. The van der Waals surface area contributed by atoms with Gasteiger partial charge in [-0.25, -0.2) is 4.98 Å². The Labute approximate surface area is 149 Å². The lowest BCUT2D eigenvalue weighted by atomic mass is 10.1. The molecular formula is C20H25N3O2. The van der Waals surface area contributed by atoms with Gasteiger partial charge in [0.25, 0.3) is 0 Å². The van der Waals surface area contributed by atoms with Crippen LogP contribution in [0.4, 0.5) is 5.82 Å². The number of para-hydroxylation sites is 1. The molecule has 132 valence electrons. The molecule has 1 fully saturated rings. The Kier molecular flexibility index (Phi) is 5.88. The summed E-state index contributed by atoms with van der Waals surface area (Å²) in [5.74, 6) is 2.09. The van der Waals surface area contributed by atoms with Gasteiger partial charge >= 0.3 is 0 Å². The number of benzene rings is 1. The van der Waals surface area contributed by atoms with Crippen molar-refractivity contribution in [2.45, 2.75) is 19.8 Å². The molecule has 0 aliphatic carbocycles. The maximum atomic E-state index is 12.5. The minimum atomic E-state index is 0.215. The number of carbonyl (C=O) groups excluding carboxylic acids is 1. The van der Waals surface area contributed by atoms with Crippen LogP contribution in [0.5, 0.6) is 5.75 Å². The molecule has 0 radical (unpaired) electrons. The van der Waals surface area contributed by atoms with Crippen LogP contribution in [0.15, 0.2) is 48.7 Å². The lowest BCUT2D eigenvalue weighted by Gasteiger charge is -2.35. The molecule has 5 heteroatoms. The van der Waals surface area contributed by atoms with E-state index in [0.717, 1.165) is 49.7 Å². The van der Waals surface area contributed by atoms with E-state index >= 15 is 0 Å². The van der Waals surface area contributed by atoms with Gasteiger partial charge in [0, 0.05) is 38.8 Å². The van der Waals surface area contributed by atoms with Crippen LogP contribution in [-0.4, -0.2) is 48.6 Å². The zero-order chi connectivity index (χ0) is 17.5. The summed E-state index contributed by atoms with van der Waals surface area (Å²) in [5, 5.41) is 0. The Hall–Kier alpha value is -2.56. The Morgan fingerprint density at radius 2 is 1.84 bits per heavy atom. The van der Waals surface area contributed by atoms with Crippen molar-refractivity contribution < 1.29 is 9.53 Å². The molecule has 1 aliphatic heterocycles. The highest BCUT2D eigenvalue weighted by molar-refractivity contribution is 5.77. The Morgan fingerprint density at radius 1 is 1.08 bits per heavy atom. The first-order chi connectivity index (χ1) is 12.3. The summed E-state index contributed by atoms with van der Waals surface area (Å²) in [6, 6.07) is 13.9. The molecule has 0 N–H and O–H groups in total. The lowest BCUT2D eigenvalue weighted by molar-refractivity contribution is -0.131. The van der Waals surface area contributed by atoms with Crippen molar-refractivity contribution in [2.75, 3.05) is 37.7 Å². The third kappa shape index (κ3) is 4.50. The fraction of sp³-hybridized carbons (Fsp3) is 0.400. The quantitative estimate of drug-likeness (QED) is 0.812. The van der Waals surface area contributed by atoms with E-state index in [4.69, 9.17) is 4.74 Å². The van der Waals surface area contributed by atoms with Crippen LogP contribution < -0.4 is 9.64 Å². The van der Waals surface area contributed by atoms with Crippen molar-refractivity contribution in [3.05, 3.63) is 54.2 Å². The van der Waals surface area contributed by atoms with E-state index in [1.54, 1.807) is 0 Å². The summed E-state index contributed by atoms with van der Waals surface area (Å²) in [6.07, 6.45) is 3.05. The maximum absolute atomic E-state index is 12.5. The van der Waals surface area contributed by atoms with Crippen molar-refractivity contribution in [3.8, 4) is 5.75 Å². The average molecular weight is 339 g/mol. The predicted molar refractivity (Wildman–Crippen MR) is 99.0 cm³/mol. The van der Waals surface area contributed by atoms with Crippen molar-refractivity contribution >= 4 is 11.7 Å². The van der Waals surface area contributed by atoms with E-state index < -0.39 is 0 Å². The fourth-order valence-electron chi connectivity index (χ4n) is 3.13. The number of nitrogens with zero attached hydrogens (tertiary/aromatic N) is 3. The molecule has 5 nitrogen and oxygen atoms in total. The molecule has 0 spiro atoms. The van der Waals surface area contributed by atoms with Crippen LogP contribution >= 0.6 is 0 Å². The second kappa shape index (κ2) is 8.51. The fourth-order valence-corrected chi connectivity index (χ4v) is 3.13. The van der Waals surface area contributed by atoms with Crippen molar-refractivity contribution in [3.63, 3.8) is 0 Å². The van der Waals surface area contributed by atoms with Crippen LogP contribution in [0.2, 0.25) is 0 Å². The molecule has 25 heavy (non-hydrogen) atoms. The van der Waals surface area contributed by atoms with E-state index in [1.807, 2.05) is 60.5 Å². The number of hydrogen-bond donors (Lipinski definition) is 0. The highest BCUT2D eigenvalue weighted by atomic mass is 16.5. The molecular weight excluding hydrogens is 314 g/mol. The maximum Gasteiger partial charge on any atom is 0.223 e. The summed E-state index contributed by atoms with van der Waals surface area (Å²) in [5.41, 5.74) is 1.10. The molecule has 0 atom stereocenters. The van der Waals surface area contributed by atoms with E-state index in [0.29, 0.717) is 13.0 Å². The molecule has 0 unspecified atom stereocenters. The van der Waals surface area contributed by atoms with Crippen LogP contribution in [-0.2, 0) is 11.2 Å². The van der Waals surface area contributed by atoms with Gasteiger partial charge in [0.15, 0.2) is 0 Å². The third-order valence-corrected chi connectivity index (χ3v) is 4.49. The molecule has 2 aromatic rings. The summed E-state index contributed by atoms with van der Waals surface area (Å²) in [6.45, 7) is 5.78. The number of anilines is 1. The van der Waals surface area contributed by atoms with Gasteiger partial charge in [-0.05, 0) is 37.1 Å². The first-order valence-corrected chi connectivity index (χ1v) is 8.92. The minimum Gasteiger partial charge on any atom is -0.494 e. The topological polar surface area (TPSA) is 45.7 Å². The van der Waals surface area contributed by atoms with Gasteiger partial charge in [0.2, 0.25) is 5.91 Å². The van der Waals surface area contributed by atoms with Gasteiger partial charge in [-0.3, -0.25) is 4.79 Å². The second-order valence-corrected chi connectivity index (χ2v) is 6.10. The Bertz CT molecular complexity index is 682. The Balaban J connectivity index is 1.50. The molecule has 1 aliphatic rings. The highest BCUT2D eigenvalue weighted by Gasteiger charge is 2.21. The van der Waals surface area contributed by atoms with Gasteiger partial charge in [-0.2, -0.15) is 0 Å². The molecule has 1 saturated heterocycles. The van der Waals surface area contributed by atoms with E-state index in [1.165, 1.54) is 0 Å². The number of ether oxygens (including phenoxy) is 1. The van der Waals surface area contributed by atoms with E-state index in [2.05, 4.69) is 9.88 Å². The largest absolute Gasteiger partial charge is 0.494 e. The SMILES string of the molecule is CCOc1ccccc1CCC(=O)N1CCN(c2ccccn2)CC1. The van der Waals surface area contributed by atoms with Gasteiger partial charge in [0.05, 0.1) is 6.61 Å². The number of aryl methyl sites for hydroxylation is 1. The standard InChI is InChI=1S/C20H25N3O2/c1-2-25-18-8-4-3-7-17(18)10-11-20(24)23-15-13-22(14-16-23)19-9-5-6-12-21-19/h3-9,12H,2,10-11,13-16H2,1H3. The second-order valence-electron chi connectivity index (χ2n) is 6.10. The van der Waals surface area contributed by atoms with Crippen molar-refractivity contribution in [2.24, 2.45) is 0 Å².